The molecule has 1 aromatic rings. The Morgan fingerprint density at radius 2 is 1.84 bits per heavy atom. The third-order valence-electron chi connectivity index (χ3n) is 5.49. The van der Waals surface area contributed by atoms with Crippen molar-refractivity contribution in [1.82, 2.24) is 9.80 Å². The van der Waals surface area contributed by atoms with Crippen LogP contribution in [-0.4, -0.2) is 53.8 Å². The van der Waals surface area contributed by atoms with Crippen molar-refractivity contribution in [2.24, 2.45) is 11.7 Å². The van der Waals surface area contributed by atoms with Crippen molar-refractivity contribution in [1.29, 1.82) is 0 Å². The third-order valence-corrected chi connectivity index (χ3v) is 5.49. The van der Waals surface area contributed by atoms with Gasteiger partial charge in [-0.3, -0.25) is 9.59 Å². The molecule has 2 aliphatic rings. The number of benzene rings is 1. The standard InChI is InChI=1S/C19H26FN3O2/c1-13-5-6-15(11-16(13)20)19(25)23-9-7-22(8-10-23)18(24)12-14-3-2-4-17(14)21/h5-6,11,14,17H,2-4,7-10,12,21H2,1H3/t14-,17+/m0/s1. The van der Waals surface area contributed by atoms with E-state index in [4.69, 9.17) is 5.73 Å². The first-order valence-corrected chi connectivity index (χ1v) is 9.04. The molecule has 0 unspecified atom stereocenters. The van der Waals surface area contributed by atoms with Gasteiger partial charge in [-0.25, -0.2) is 4.39 Å². The minimum atomic E-state index is -0.368. The molecule has 0 radical (unpaired) electrons. The highest BCUT2D eigenvalue weighted by molar-refractivity contribution is 5.94. The van der Waals surface area contributed by atoms with Gasteiger partial charge in [-0.2, -0.15) is 0 Å². The van der Waals surface area contributed by atoms with Gasteiger partial charge in [-0.1, -0.05) is 12.5 Å². The van der Waals surface area contributed by atoms with Gasteiger partial charge in [0.25, 0.3) is 5.91 Å². The normalized spacial score (nSPS) is 23.8. The molecule has 3 rings (SSSR count). The summed E-state index contributed by atoms with van der Waals surface area (Å²) in [5, 5.41) is 0. The van der Waals surface area contributed by atoms with E-state index < -0.39 is 0 Å². The first kappa shape index (κ1) is 17.9. The molecule has 2 amide bonds. The lowest BCUT2D eigenvalue weighted by molar-refractivity contribution is -0.133. The number of nitrogens with zero attached hydrogens (tertiary/aromatic N) is 2. The highest BCUT2D eigenvalue weighted by atomic mass is 19.1. The Kier molecular flexibility index (Phi) is 5.37. The van der Waals surface area contributed by atoms with E-state index in [2.05, 4.69) is 0 Å². The zero-order chi connectivity index (χ0) is 18.0. The van der Waals surface area contributed by atoms with Crippen molar-refractivity contribution in [3.05, 3.63) is 35.1 Å². The predicted octanol–water partition coefficient (Wildman–Crippen LogP) is 1.94. The maximum Gasteiger partial charge on any atom is 0.254 e. The van der Waals surface area contributed by atoms with E-state index in [0.29, 0.717) is 49.6 Å². The van der Waals surface area contributed by atoms with Crippen LogP contribution >= 0.6 is 0 Å². The van der Waals surface area contributed by atoms with Gasteiger partial charge in [0.05, 0.1) is 0 Å². The van der Waals surface area contributed by atoms with Crippen LogP contribution in [0.25, 0.3) is 0 Å². The lowest BCUT2D eigenvalue weighted by Crippen LogP contribution is -2.51. The van der Waals surface area contributed by atoms with Crippen LogP contribution in [0.4, 0.5) is 4.39 Å². The lowest BCUT2D eigenvalue weighted by atomic mass is 9.99. The molecule has 25 heavy (non-hydrogen) atoms. The van der Waals surface area contributed by atoms with Crippen LogP contribution in [0.3, 0.4) is 0 Å². The topological polar surface area (TPSA) is 66.6 Å². The van der Waals surface area contributed by atoms with Crippen LogP contribution in [-0.2, 0) is 4.79 Å². The predicted molar refractivity (Wildman–Crippen MR) is 93.6 cm³/mol. The Balaban J connectivity index is 1.53. The van der Waals surface area contributed by atoms with Crippen molar-refractivity contribution in [3.8, 4) is 0 Å². The van der Waals surface area contributed by atoms with Crippen LogP contribution < -0.4 is 5.73 Å². The van der Waals surface area contributed by atoms with Crippen LogP contribution in [0.2, 0.25) is 0 Å². The number of piperazine rings is 1. The van der Waals surface area contributed by atoms with Crippen molar-refractivity contribution in [2.75, 3.05) is 26.2 Å². The number of carbonyl (C=O) groups excluding carboxylic acids is 2. The SMILES string of the molecule is Cc1ccc(C(=O)N2CCN(C(=O)C[C@@H]3CCC[C@H]3N)CC2)cc1F. The van der Waals surface area contributed by atoms with E-state index in [0.717, 1.165) is 19.3 Å². The molecule has 1 aromatic carbocycles. The Bertz CT molecular complexity index is 656. The molecular formula is C19H26FN3O2. The van der Waals surface area contributed by atoms with Crippen LogP contribution in [0.1, 0.15) is 41.6 Å². The Hall–Kier alpha value is -1.95. The van der Waals surface area contributed by atoms with Gasteiger partial charge in [0.15, 0.2) is 0 Å². The number of aryl methyl sites for hydroxylation is 1. The Labute approximate surface area is 148 Å². The van der Waals surface area contributed by atoms with Crippen molar-refractivity contribution >= 4 is 11.8 Å². The van der Waals surface area contributed by atoms with Gasteiger partial charge in [0, 0.05) is 44.2 Å². The van der Waals surface area contributed by atoms with Crippen molar-refractivity contribution in [3.63, 3.8) is 0 Å². The van der Waals surface area contributed by atoms with Crippen molar-refractivity contribution in [2.45, 2.75) is 38.6 Å². The molecule has 2 atom stereocenters. The second kappa shape index (κ2) is 7.52. The summed E-state index contributed by atoms with van der Waals surface area (Å²) in [5.74, 6) is -0.116. The van der Waals surface area contributed by atoms with E-state index in [9.17, 15) is 14.0 Å². The monoisotopic (exact) mass is 347 g/mol. The molecule has 0 aromatic heterocycles. The first-order valence-electron chi connectivity index (χ1n) is 9.04. The van der Waals surface area contributed by atoms with Crippen LogP contribution in [0, 0.1) is 18.7 Å². The molecule has 2 N–H and O–H groups in total. The molecule has 1 saturated heterocycles. The quantitative estimate of drug-likeness (QED) is 0.909. The van der Waals surface area contributed by atoms with Gasteiger partial charge in [0.2, 0.25) is 5.91 Å². The molecule has 1 aliphatic carbocycles. The van der Waals surface area contributed by atoms with Gasteiger partial charge >= 0.3 is 0 Å². The molecule has 6 heteroatoms. The Morgan fingerprint density at radius 1 is 1.16 bits per heavy atom. The number of carbonyl (C=O) groups is 2. The maximum atomic E-state index is 13.7. The summed E-state index contributed by atoms with van der Waals surface area (Å²) in [6.45, 7) is 3.69. The van der Waals surface area contributed by atoms with Crippen LogP contribution in [0.5, 0.6) is 0 Å². The third kappa shape index (κ3) is 4.00. The van der Waals surface area contributed by atoms with Gasteiger partial charge in [0.1, 0.15) is 5.82 Å². The Morgan fingerprint density at radius 3 is 2.44 bits per heavy atom. The minimum Gasteiger partial charge on any atom is -0.339 e. The number of rotatable bonds is 3. The van der Waals surface area contributed by atoms with Crippen LogP contribution in [0.15, 0.2) is 18.2 Å². The second-order valence-electron chi connectivity index (χ2n) is 7.20. The first-order chi connectivity index (χ1) is 12.0. The van der Waals surface area contributed by atoms with E-state index in [1.54, 1.807) is 24.0 Å². The molecule has 0 bridgehead atoms. The summed E-state index contributed by atoms with van der Waals surface area (Å²) in [5.41, 5.74) is 6.94. The fourth-order valence-corrected chi connectivity index (χ4v) is 3.74. The highest BCUT2D eigenvalue weighted by Crippen LogP contribution is 2.27. The van der Waals surface area contributed by atoms with Gasteiger partial charge in [-0.05, 0) is 43.4 Å². The smallest absolute Gasteiger partial charge is 0.254 e. The fraction of sp³-hybridized carbons (Fsp3) is 0.579. The molecule has 1 heterocycles. The zero-order valence-electron chi connectivity index (χ0n) is 14.7. The summed E-state index contributed by atoms with van der Waals surface area (Å²) in [6.07, 6.45) is 3.66. The largest absolute Gasteiger partial charge is 0.339 e. The summed E-state index contributed by atoms with van der Waals surface area (Å²) >= 11 is 0. The summed E-state index contributed by atoms with van der Waals surface area (Å²) in [6, 6.07) is 4.70. The van der Waals surface area contributed by atoms with E-state index >= 15 is 0 Å². The summed E-state index contributed by atoms with van der Waals surface area (Å²) in [4.78, 5) is 28.5. The number of hydrogen-bond donors (Lipinski definition) is 1. The number of nitrogens with two attached hydrogens (primary N) is 1. The molecule has 2 fully saturated rings. The number of amides is 2. The van der Waals surface area contributed by atoms with Gasteiger partial charge in [-0.15, -0.1) is 0 Å². The maximum absolute atomic E-state index is 13.7. The average Bonchev–Trinajstić information content (AvgIpc) is 3.01. The van der Waals surface area contributed by atoms with E-state index in [1.807, 2.05) is 4.90 Å². The minimum absolute atomic E-state index is 0.135. The van der Waals surface area contributed by atoms with Crippen molar-refractivity contribution < 1.29 is 14.0 Å². The molecule has 1 aliphatic heterocycles. The fourth-order valence-electron chi connectivity index (χ4n) is 3.74. The van der Waals surface area contributed by atoms with Gasteiger partial charge < -0.3 is 15.5 Å². The zero-order valence-corrected chi connectivity index (χ0v) is 14.7. The molecular weight excluding hydrogens is 321 g/mol. The van der Waals surface area contributed by atoms with E-state index in [1.165, 1.54) is 6.07 Å². The molecule has 136 valence electrons. The number of halogens is 1. The van der Waals surface area contributed by atoms with E-state index in [-0.39, 0.29) is 23.7 Å². The highest BCUT2D eigenvalue weighted by Gasteiger charge is 2.30. The molecule has 1 saturated carbocycles. The molecule has 0 spiro atoms. The lowest BCUT2D eigenvalue weighted by Gasteiger charge is -2.35. The summed E-state index contributed by atoms with van der Waals surface area (Å²) < 4.78 is 13.7. The summed E-state index contributed by atoms with van der Waals surface area (Å²) in [7, 11) is 0. The molecule has 5 nitrogen and oxygen atoms in total. The number of hydrogen-bond acceptors (Lipinski definition) is 3. The second-order valence-corrected chi connectivity index (χ2v) is 7.20. The average molecular weight is 347 g/mol.